The Balaban J connectivity index is 1.20. The van der Waals surface area contributed by atoms with Gasteiger partial charge in [-0.3, -0.25) is 5.32 Å². The lowest BCUT2D eigenvalue weighted by atomic mass is 9.95. The molecule has 0 bridgehead atoms. The zero-order valence-electron chi connectivity index (χ0n) is 26.8. The molecule has 49 heavy (non-hydrogen) atoms. The zero-order valence-corrected chi connectivity index (χ0v) is 29.1. The van der Waals surface area contributed by atoms with Crippen LogP contribution < -0.4 is 5.32 Å². The summed E-state index contributed by atoms with van der Waals surface area (Å²) in [5.74, 6) is 0.345. The second kappa shape index (κ2) is 14.1. The zero-order chi connectivity index (χ0) is 34.1. The van der Waals surface area contributed by atoms with Crippen molar-refractivity contribution in [1.29, 1.82) is 0 Å². The van der Waals surface area contributed by atoms with Crippen LogP contribution >= 0.6 is 34.7 Å². The van der Waals surface area contributed by atoms with Gasteiger partial charge in [-0.25, -0.2) is 24.4 Å². The second-order valence-electron chi connectivity index (χ2n) is 12.1. The fourth-order valence-electron chi connectivity index (χ4n) is 5.51. The average molecular weight is 726 g/mol. The van der Waals surface area contributed by atoms with Gasteiger partial charge in [0.15, 0.2) is 11.4 Å². The number of fused-ring (bicyclic) bond motifs is 1. The minimum Gasteiger partial charge on any atom is -0.444 e. The maximum absolute atomic E-state index is 12.3. The Morgan fingerprint density at radius 1 is 1.16 bits per heavy atom. The molecule has 7 rings (SSSR count). The molecule has 5 aromatic rings. The summed E-state index contributed by atoms with van der Waals surface area (Å²) in [6.07, 6.45) is 3.48. The lowest BCUT2D eigenvalue weighted by Gasteiger charge is -2.48. The van der Waals surface area contributed by atoms with E-state index in [1.54, 1.807) is 56.4 Å². The van der Waals surface area contributed by atoms with Crippen LogP contribution in [-0.4, -0.2) is 79.1 Å². The predicted molar refractivity (Wildman–Crippen MR) is 180 cm³/mol. The van der Waals surface area contributed by atoms with E-state index in [0.717, 1.165) is 5.56 Å². The van der Waals surface area contributed by atoms with E-state index in [2.05, 4.69) is 30.6 Å². The molecule has 17 heteroatoms. The number of hydrogen-bond acceptors (Lipinski definition) is 14. The minimum absolute atomic E-state index is 0.252. The lowest BCUT2D eigenvalue weighted by molar-refractivity contribution is -0.308. The molecule has 6 heterocycles. The number of halogens is 1. The van der Waals surface area contributed by atoms with Gasteiger partial charge in [0.05, 0.1) is 24.0 Å². The third kappa shape index (κ3) is 7.50. The number of anilines is 1. The Labute approximate surface area is 294 Å². The van der Waals surface area contributed by atoms with Crippen molar-refractivity contribution in [2.75, 3.05) is 19.0 Å². The van der Waals surface area contributed by atoms with Crippen LogP contribution in [0.25, 0.3) is 23.0 Å². The van der Waals surface area contributed by atoms with E-state index in [-0.39, 0.29) is 6.61 Å². The van der Waals surface area contributed by atoms with Crippen LogP contribution in [0.15, 0.2) is 75.9 Å². The van der Waals surface area contributed by atoms with Crippen molar-refractivity contribution in [3.05, 3.63) is 77.2 Å². The highest BCUT2D eigenvalue weighted by Crippen LogP contribution is 2.46. The monoisotopic (exact) mass is 725 g/mol. The quantitative estimate of drug-likeness (QED) is 0.182. The highest BCUT2D eigenvalue weighted by Gasteiger charge is 2.52. The molecule has 2 aliphatic rings. The van der Waals surface area contributed by atoms with Gasteiger partial charge in [0.1, 0.15) is 58.7 Å². The van der Waals surface area contributed by atoms with E-state index in [9.17, 15) is 4.79 Å². The number of hydrogen-bond donors (Lipinski definition) is 1. The molecule has 0 aliphatic carbocycles. The Hall–Kier alpha value is -3.90. The fourth-order valence-corrected chi connectivity index (χ4v) is 7.72. The molecule has 1 aromatic carbocycles. The summed E-state index contributed by atoms with van der Waals surface area (Å²) >= 11 is 9.02. The number of nitrogens with zero attached hydrogens (tertiary/aromatic N) is 6. The molecule has 6 unspecified atom stereocenters. The maximum Gasteiger partial charge on any atom is 0.413 e. The number of carbonyl (C=O) groups is 1. The number of benzene rings is 1. The first-order valence-corrected chi connectivity index (χ1v) is 17.4. The van der Waals surface area contributed by atoms with Gasteiger partial charge in [-0.1, -0.05) is 58.9 Å². The van der Waals surface area contributed by atoms with Crippen LogP contribution in [0.4, 0.5) is 9.93 Å². The summed E-state index contributed by atoms with van der Waals surface area (Å²) in [7, 11) is 1.61. The Kier molecular flexibility index (Phi) is 9.70. The number of rotatable bonds is 8. The molecular weight excluding hydrogens is 694 g/mol. The molecule has 4 aromatic heterocycles. The standard InChI is InChI=1S/C32H32ClN7O7S2/c1-32(2,3)47-31(41)37-30-36-20(16-48-30)19-14-40(39-38-19)24-25-21(15-44-28(46-25)17-8-6-5-7-9-17)45-29(26(24)42-4)49-22-12-18(33)13-35-23(22)27-34-10-11-43-27/h5-14,16,21,24-26,28-29H,15H2,1-4H3,(H,36,37,41). The summed E-state index contributed by atoms with van der Waals surface area (Å²) in [5.41, 5.74) is 1.17. The molecular formula is C32H32ClN7O7S2. The summed E-state index contributed by atoms with van der Waals surface area (Å²) in [6, 6.07) is 11.0. The molecule has 14 nitrogen and oxygen atoms in total. The van der Waals surface area contributed by atoms with Crippen LogP contribution in [0.1, 0.15) is 38.7 Å². The van der Waals surface area contributed by atoms with Gasteiger partial charge in [0.25, 0.3) is 0 Å². The number of thioether (sulfide) groups is 1. The Morgan fingerprint density at radius 2 is 2.00 bits per heavy atom. The molecule has 0 spiro atoms. The number of amides is 1. The normalized spacial score (nSPS) is 23.9. The molecule has 2 fully saturated rings. The predicted octanol–water partition coefficient (Wildman–Crippen LogP) is 6.64. The van der Waals surface area contributed by atoms with E-state index in [1.807, 2.05) is 30.3 Å². The van der Waals surface area contributed by atoms with Gasteiger partial charge < -0.3 is 28.1 Å². The molecule has 2 saturated heterocycles. The van der Waals surface area contributed by atoms with Crippen LogP contribution in [0.3, 0.4) is 0 Å². The molecule has 0 saturated carbocycles. The van der Waals surface area contributed by atoms with E-state index >= 15 is 0 Å². The molecule has 256 valence electrons. The van der Waals surface area contributed by atoms with Gasteiger partial charge in [-0.05, 0) is 26.8 Å². The van der Waals surface area contributed by atoms with Crippen LogP contribution in [0.5, 0.6) is 0 Å². The molecule has 6 atom stereocenters. The van der Waals surface area contributed by atoms with Crippen molar-refractivity contribution in [3.8, 4) is 23.0 Å². The Morgan fingerprint density at radius 3 is 2.76 bits per heavy atom. The van der Waals surface area contributed by atoms with E-state index < -0.39 is 47.8 Å². The van der Waals surface area contributed by atoms with Gasteiger partial charge in [-0.2, -0.15) is 0 Å². The van der Waals surface area contributed by atoms with E-state index in [4.69, 9.17) is 39.7 Å². The first-order chi connectivity index (χ1) is 23.6. The first-order valence-electron chi connectivity index (χ1n) is 15.3. The topological polar surface area (TPSA) is 158 Å². The first kappa shape index (κ1) is 33.6. The highest BCUT2D eigenvalue weighted by molar-refractivity contribution is 8.00. The van der Waals surface area contributed by atoms with Gasteiger partial charge in [0.2, 0.25) is 5.89 Å². The van der Waals surface area contributed by atoms with Gasteiger partial charge in [-0.15, -0.1) is 16.4 Å². The third-order valence-electron chi connectivity index (χ3n) is 7.54. The summed E-state index contributed by atoms with van der Waals surface area (Å²) in [4.78, 5) is 26.3. The van der Waals surface area contributed by atoms with Crippen molar-refractivity contribution >= 4 is 45.9 Å². The molecule has 2 aliphatic heterocycles. The Bertz CT molecular complexity index is 1890. The number of nitrogens with one attached hydrogen (secondary N) is 1. The largest absolute Gasteiger partial charge is 0.444 e. The summed E-state index contributed by atoms with van der Waals surface area (Å²) < 4.78 is 38.3. The lowest BCUT2D eigenvalue weighted by Crippen LogP contribution is -2.59. The summed E-state index contributed by atoms with van der Waals surface area (Å²) in [6.45, 7) is 5.63. The number of methoxy groups -OCH3 is 1. The van der Waals surface area contributed by atoms with Gasteiger partial charge >= 0.3 is 6.09 Å². The second-order valence-corrected chi connectivity index (χ2v) is 14.5. The van der Waals surface area contributed by atoms with Crippen molar-refractivity contribution in [2.45, 2.75) is 67.3 Å². The van der Waals surface area contributed by atoms with Crippen molar-refractivity contribution in [2.24, 2.45) is 0 Å². The molecule has 1 amide bonds. The number of pyridine rings is 1. The third-order valence-corrected chi connectivity index (χ3v) is 9.68. The fraction of sp³-hybridized carbons (Fsp3) is 0.375. The number of thiazole rings is 1. The van der Waals surface area contributed by atoms with E-state index in [0.29, 0.717) is 38.0 Å². The van der Waals surface area contributed by atoms with Crippen molar-refractivity contribution in [3.63, 3.8) is 0 Å². The van der Waals surface area contributed by atoms with Crippen molar-refractivity contribution < 1.29 is 32.9 Å². The van der Waals surface area contributed by atoms with Crippen LogP contribution in [0.2, 0.25) is 5.02 Å². The minimum atomic E-state index is -0.644. The van der Waals surface area contributed by atoms with Gasteiger partial charge in [0, 0.05) is 29.1 Å². The number of ether oxygens (including phenoxy) is 5. The maximum atomic E-state index is 12.3. The number of aromatic nitrogens is 6. The highest BCUT2D eigenvalue weighted by atomic mass is 35.5. The average Bonchev–Trinajstić information content (AvgIpc) is 3.87. The number of oxazole rings is 1. The van der Waals surface area contributed by atoms with Crippen LogP contribution in [0, 0.1) is 0 Å². The smallest absolute Gasteiger partial charge is 0.413 e. The molecule has 0 radical (unpaired) electrons. The number of carbonyl (C=O) groups excluding carboxylic acids is 1. The summed E-state index contributed by atoms with van der Waals surface area (Å²) in [5, 5.41) is 14.2. The van der Waals surface area contributed by atoms with Crippen LogP contribution in [-0.2, 0) is 23.7 Å². The molecule has 1 N–H and O–H groups in total. The van der Waals surface area contributed by atoms with Crippen molar-refractivity contribution in [1.82, 2.24) is 29.9 Å². The SMILES string of the molecule is COC1C(Sc2cc(Cl)cnc2-c2ncco2)OC2COC(c3ccccc3)OC2C1n1cc(-c2csc(NC(=O)OC(C)(C)C)n2)nn1. The van der Waals surface area contributed by atoms with E-state index in [1.165, 1.54) is 35.6 Å².